The summed E-state index contributed by atoms with van der Waals surface area (Å²) in [6.07, 6.45) is -1.51. The molecular weight excluding hydrogens is 174 g/mol. The van der Waals surface area contributed by atoms with Crippen LogP contribution in [0.15, 0.2) is 18.2 Å². The van der Waals surface area contributed by atoms with Crippen LogP contribution in [0.3, 0.4) is 0 Å². The average molecular weight is 181 g/mol. The van der Waals surface area contributed by atoms with Crippen molar-refractivity contribution < 1.29 is 19.7 Å². The van der Waals surface area contributed by atoms with Crippen LogP contribution in [-0.4, -0.2) is 22.4 Å². The number of carbonyl (C=O) groups excluding carboxylic acids is 1. The van der Waals surface area contributed by atoms with Crippen LogP contribution in [-0.2, 0) is 4.79 Å². The zero-order chi connectivity index (χ0) is 9.42. The number of amides is 1. The van der Waals surface area contributed by atoms with Crippen LogP contribution in [0, 0.1) is 0 Å². The van der Waals surface area contributed by atoms with Crippen molar-refractivity contribution in [3.05, 3.63) is 18.2 Å². The fraction of sp³-hybridized carbons (Fsp3) is 0.125. The van der Waals surface area contributed by atoms with Crippen molar-refractivity contribution in [2.24, 2.45) is 0 Å². The molecule has 0 saturated carbocycles. The predicted octanol–water partition coefficient (Wildman–Crippen LogP) is 0.0415. The number of phenols is 1. The summed E-state index contributed by atoms with van der Waals surface area (Å²) < 4.78 is 4.81. The molecule has 1 aliphatic heterocycles. The molecular formula is C8H7NO4. The zero-order valence-electron chi connectivity index (χ0n) is 6.52. The number of nitrogens with one attached hydrogen (secondary N) is 1. The molecule has 0 aromatic heterocycles. The van der Waals surface area contributed by atoms with Gasteiger partial charge in [-0.2, -0.15) is 0 Å². The van der Waals surface area contributed by atoms with E-state index in [4.69, 9.17) is 14.9 Å². The fourth-order valence-corrected chi connectivity index (χ4v) is 1.08. The number of phenolic OH excluding ortho intramolecular Hbond substituents is 1. The van der Waals surface area contributed by atoms with E-state index < -0.39 is 12.2 Å². The second-order valence-corrected chi connectivity index (χ2v) is 2.64. The minimum atomic E-state index is -1.51. The molecule has 0 unspecified atom stereocenters. The lowest BCUT2D eigenvalue weighted by molar-refractivity contribution is -0.139. The van der Waals surface area contributed by atoms with Crippen molar-refractivity contribution in [2.75, 3.05) is 5.32 Å². The van der Waals surface area contributed by atoms with Crippen LogP contribution < -0.4 is 10.1 Å². The number of aromatic hydroxyl groups is 1. The number of anilines is 1. The highest BCUT2D eigenvalue weighted by Gasteiger charge is 2.25. The third-order valence-electron chi connectivity index (χ3n) is 1.69. The van der Waals surface area contributed by atoms with Gasteiger partial charge >= 0.3 is 0 Å². The smallest absolute Gasteiger partial charge is 0.293 e. The summed E-state index contributed by atoms with van der Waals surface area (Å²) >= 11 is 0. The highest BCUT2D eigenvalue weighted by molar-refractivity contribution is 5.96. The quantitative estimate of drug-likeness (QED) is 0.494. The fourth-order valence-electron chi connectivity index (χ4n) is 1.08. The van der Waals surface area contributed by atoms with Crippen LogP contribution in [0.2, 0.25) is 0 Å². The van der Waals surface area contributed by atoms with Gasteiger partial charge in [-0.05, 0) is 12.1 Å². The number of hydrogen-bond donors (Lipinski definition) is 3. The van der Waals surface area contributed by atoms with E-state index in [0.29, 0.717) is 5.69 Å². The third kappa shape index (κ3) is 1.29. The number of benzene rings is 1. The maximum absolute atomic E-state index is 10.9. The van der Waals surface area contributed by atoms with Gasteiger partial charge in [-0.15, -0.1) is 0 Å². The monoisotopic (exact) mass is 181 g/mol. The lowest BCUT2D eigenvalue weighted by Crippen LogP contribution is -2.36. The summed E-state index contributed by atoms with van der Waals surface area (Å²) in [5, 5.41) is 20.5. The van der Waals surface area contributed by atoms with Gasteiger partial charge in [0.05, 0.1) is 5.69 Å². The Bertz CT molecular complexity index is 363. The molecule has 1 aromatic rings. The first-order valence-corrected chi connectivity index (χ1v) is 3.65. The highest BCUT2D eigenvalue weighted by Crippen LogP contribution is 2.31. The molecule has 1 aromatic carbocycles. The SMILES string of the molecule is O=C1Nc2ccc(O)cc2O[C@@H]1O. The molecule has 1 heterocycles. The van der Waals surface area contributed by atoms with Crippen LogP contribution in [0.1, 0.15) is 0 Å². The Morgan fingerprint density at radius 2 is 2.23 bits per heavy atom. The van der Waals surface area contributed by atoms with Crippen molar-refractivity contribution >= 4 is 11.6 Å². The Labute approximate surface area is 73.6 Å². The molecule has 1 aliphatic rings. The molecule has 0 aliphatic carbocycles. The summed E-state index contributed by atoms with van der Waals surface area (Å²) in [6, 6.07) is 4.23. The van der Waals surface area contributed by atoms with Gasteiger partial charge in [0.25, 0.3) is 12.2 Å². The molecule has 1 amide bonds. The van der Waals surface area contributed by atoms with Crippen molar-refractivity contribution in [2.45, 2.75) is 6.29 Å². The number of aliphatic hydroxyl groups excluding tert-OH is 1. The minimum Gasteiger partial charge on any atom is -0.508 e. The summed E-state index contributed by atoms with van der Waals surface area (Å²) in [5.74, 6) is -0.340. The van der Waals surface area contributed by atoms with Crippen LogP contribution >= 0.6 is 0 Å². The Morgan fingerprint density at radius 3 is 3.00 bits per heavy atom. The Hall–Kier alpha value is -1.75. The Morgan fingerprint density at radius 1 is 1.46 bits per heavy atom. The predicted molar refractivity (Wildman–Crippen MR) is 43.4 cm³/mol. The normalized spacial score (nSPS) is 20.1. The van der Waals surface area contributed by atoms with Gasteiger partial charge in [-0.3, -0.25) is 4.79 Å². The number of carbonyl (C=O) groups is 1. The molecule has 0 fully saturated rings. The lowest BCUT2D eigenvalue weighted by atomic mass is 10.2. The second-order valence-electron chi connectivity index (χ2n) is 2.64. The van der Waals surface area contributed by atoms with Gasteiger partial charge < -0.3 is 20.3 Å². The van der Waals surface area contributed by atoms with E-state index in [0.717, 1.165) is 0 Å². The van der Waals surface area contributed by atoms with E-state index in [2.05, 4.69) is 5.32 Å². The third-order valence-corrected chi connectivity index (χ3v) is 1.69. The van der Waals surface area contributed by atoms with Crippen LogP contribution in [0.4, 0.5) is 5.69 Å². The highest BCUT2D eigenvalue weighted by atomic mass is 16.6. The molecule has 2 rings (SSSR count). The summed E-state index contributed by atoms with van der Waals surface area (Å²) in [6.45, 7) is 0. The van der Waals surface area contributed by atoms with Gasteiger partial charge in [-0.1, -0.05) is 0 Å². The molecule has 0 radical (unpaired) electrons. The molecule has 13 heavy (non-hydrogen) atoms. The lowest BCUT2D eigenvalue weighted by Gasteiger charge is -2.21. The maximum Gasteiger partial charge on any atom is 0.293 e. The molecule has 0 bridgehead atoms. The first-order chi connectivity index (χ1) is 6.16. The largest absolute Gasteiger partial charge is 0.508 e. The number of fused-ring (bicyclic) bond motifs is 1. The van der Waals surface area contributed by atoms with Crippen molar-refractivity contribution in [3.63, 3.8) is 0 Å². The van der Waals surface area contributed by atoms with E-state index in [9.17, 15) is 4.79 Å². The van der Waals surface area contributed by atoms with Gasteiger partial charge in [0.1, 0.15) is 5.75 Å². The maximum atomic E-state index is 10.9. The first kappa shape index (κ1) is 7.88. The Kier molecular flexibility index (Phi) is 1.60. The van der Waals surface area contributed by atoms with Crippen molar-refractivity contribution in [1.29, 1.82) is 0 Å². The van der Waals surface area contributed by atoms with Crippen molar-refractivity contribution in [1.82, 2.24) is 0 Å². The first-order valence-electron chi connectivity index (χ1n) is 3.65. The van der Waals surface area contributed by atoms with Gasteiger partial charge in [-0.25, -0.2) is 0 Å². The topological polar surface area (TPSA) is 78.8 Å². The number of ether oxygens (including phenoxy) is 1. The molecule has 5 heteroatoms. The van der Waals surface area contributed by atoms with E-state index in [1.807, 2.05) is 0 Å². The van der Waals surface area contributed by atoms with E-state index in [-0.39, 0.29) is 11.5 Å². The molecule has 68 valence electrons. The molecule has 3 N–H and O–H groups in total. The van der Waals surface area contributed by atoms with E-state index >= 15 is 0 Å². The molecule has 1 atom stereocenters. The van der Waals surface area contributed by atoms with Gasteiger partial charge in [0, 0.05) is 6.07 Å². The van der Waals surface area contributed by atoms with Crippen LogP contribution in [0.5, 0.6) is 11.5 Å². The average Bonchev–Trinajstić information content (AvgIpc) is 2.08. The van der Waals surface area contributed by atoms with Crippen molar-refractivity contribution in [3.8, 4) is 11.5 Å². The van der Waals surface area contributed by atoms with E-state index in [1.165, 1.54) is 18.2 Å². The number of aliphatic hydroxyl groups is 1. The standard InChI is InChI=1S/C8H7NO4/c10-4-1-2-5-6(3-4)13-8(12)7(11)9-5/h1-3,8,10,12H,(H,9,11)/t8-/m0/s1. The summed E-state index contributed by atoms with van der Waals surface area (Å²) in [5.41, 5.74) is 0.438. The number of hydrogen-bond acceptors (Lipinski definition) is 4. The molecule has 5 nitrogen and oxygen atoms in total. The molecule has 0 saturated heterocycles. The summed E-state index contributed by atoms with van der Waals surface area (Å²) in [4.78, 5) is 10.9. The van der Waals surface area contributed by atoms with Gasteiger partial charge in [0.2, 0.25) is 0 Å². The minimum absolute atomic E-state index is 0.0158. The van der Waals surface area contributed by atoms with Gasteiger partial charge in [0.15, 0.2) is 5.75 Å². The Balaban J connectivity index is 2.42. The van der Waals surface area contributed by atoms with Crippen LogP contribution in [0.25, 0.3) is 0 Å². The zero-order valence-corrected chi connectivity index (χ0v) is 6.52. The number of rotatable bonds is 0. The summed E-state index contributed by atoms with van der Waals surface area (Å²) in [7, 11) is 0. The molecule has 0 spiro atoms. The van der Waals surface area contributed by atoms with E-state index in [1.54, 1.807) is 0 Å². The second kappa shape index (κ2) is 2.63.